The van der Waals surface area contributed by atoms with Crippen LogP contribution < -0.4 is 9.64 Å². The molecule has 3 aromatic rings. The average molecular weight is 412 g/mol. The van der Waals surface area contributed by atoms with Crippen molar-refractivity contribution in [1.82, 2.24) is 9.88 Å². The molecular formula is C23H29N3O2S. The second-order valence-electron chi connectivity index (χ2n) is 7.49. The number of aromatic nitrogens is 1. The Morgan fingerprint density at radius 2 is 1.93 bits per heavy atom. The van der Waals surface area contributed by atoms with Gasteiger partial charge in [0.25, 0.3) is 0 Å². The highest BCUT2D eigenvalue weighted by atomic mass is 32.1. The van der Waals surface area contributed by atoms with Crippen molar-refractivity contribution in [3.63, 3.8) is 0 Å². The van der Waals surface area contributed by atoms with Gasteiger partial charge in [-0.25, -0.2) is 4.98 Å². The van der Waals surface area contributed by atoms with Crippen molar-refractivity contribution in [2.24, 2.45) is 0 Å². The lowest BCUT2D eigenvalue weighted by atomic mass is 10.0. The highest BCUT2D eigenvalue weighted by Gasteiger charge is 2.22. The monoisotopic (exact) mass is 411 g/mol. The number of rotatable bonds is 8. The van der Waals surface area contributed by atoms with Gasteiger partial charge in [-0.2, -0.15) is 0 Å². The Kier molecular flexibility index (Phi) is 6.87. The Morgan fingerprint density at radius 1 is 1.14 bits per heavy atom. The summed E-state index contributed by atoms with van der Waals surface area (Å²) in [6.07, 6.45) is 0.370. The largest absolute Gasteiger partial charge is 0.492 e. The van der Waals surface area contributed by atoms with Crippen LogP contribution in [0, 0.1) is 13.8 Å². The van der Waals surface area contributed by atoms with Crippen molar-refractivity contribution in [3.8, 4) is 5.75 Å². The smallest absolute Gasteiger partial charge is 0.233 e. The molecule has 0 N–H and O–H groups in total. The van der Waals surface area contributed by atoms with E-state index in [-0.39, 0.29) is 5.91 Å². The first-order chi connectivity index (χ1) is 13.9. The second kappa shape index (κ2) is 9.37. The molecule has 6 heteroatoms. The van der Waals surface area contributed by atoms with Crippen molar-refractivity contribution >= 4 is 32.6 Å². The van der Waals surface area contributed by atoms with Crippen molar-refractivity contribution < 1.29 is 9.53 Å². The summed E-state index contributed by atoms with van der Waals surface area (Å²) in [6, 6.07) is 12.2. The van der Waals surface area contributed by atoms with Gasteiger partial charge < -0.3 is 9.64 Å². The number of hydrogen-bond donors (Lipinski definition) is 0. The maximum Gasteiger partial charge on any atom is 0.233 e. The van der Waals surface area contributed by atoms with Gasteiger partial charge >= 0.3 is 0 Å². The molecule has 0 bridgehead atoms. The summed E-state index contributed by atoms with van der Waals surface area (Å²) in [7, 11) is 4.03. The number of benzene rings is 2. The van der Waals surface area contributed by atoms with Gasteiger partial charge in [0.15, 0.2) is 5.13 Å². The number of thiazole rings is 1. The zero-order chi connectivity index (χ0) is 21.0. The SMILES string of the molecule is CCOc1cccc2sc(N(CCN(C)C)C(=O)Cc3cc(C)ccc3C)nc12. The Balaban J connectivity index is 1.94. The van der Waals surface area contributed by atoms with Gasteiger partial charge in [0.05, 0.1) is 17.7 Å². The molecule has 3 rings (SSSR count). The molecule has 0 saturated carbocycles. The quantitative estimate of drug-likeness (QED) is 0.549. The predicted molar refractivity (Wildman–Crippen MR) is 121 cm³/mol. The van der Waals surface area contributed by atoms with Crippen molar-refractivity contribution in [2.45, 2.75) is 27.2 Å². The normalized spacial score (nSPS) is 11.2. The molecule has 2 aromatic carbocycles. The van der Waals surface area contributed by atoms with Crippen LogP contribution in [0.4, 0.5) is 5.13 Å². The molecule has 0 fully saturated rings. The number of carbonyl (C=O) groups excluding carboxylic acids is 1. The number of anilines is 1. The molecule has 0 atom stereocenters. The van der Waals surface area contributed by atoms with E-state index < -0.39 is 0 Å². The van der Waals surface area contributed by atoms with E-state index in [9.17, 15) is 4.79 Å². The summed E-state index contributed by atoms with van der Waals surface area (Å²) in [5, 5.41) is 0.726. The molecule has 0 aliphatic heterocycles. The zero-order valence-electron chi connectivity index (χ0n) is 17.9. The van der Waals surface area contributed by atoms with Crippen LogP contribution in [0.15, 0.2) is 36.4 Å². The number of hydrogen-bond acceptors (Lipinski definition) is 5. The van der Waals surface area contributed by atoms with Crippen LogP contribution in [0.3, 0.4) is 0 Å². The van der Waals surface area contributed by atoms with Crippen molar-refractivity contribution in [1.29, 1.82) is 0 Å². The van der Waals surface area contributed by atoms with E-state index in [1.165, 1.54) is 16.9 Å². The second-order valence-corrected chi connectivity index (χ2v) is 8.50. The lowest BCUT2D eigenvalue weighted by molar-refractivity contribution is -0.118. The molecule has 0 radical (unpaired) electrons. The summed E-state index contributed by atoms with van der Waals surface area (Å²) in [5.41, 5.74) is 4.20. The topological polar surface area (TPSA) is 45.7 Å². The van der Waals surface area contributed by atoms with Gasteiger partial charge in [-0.3, -0.25) is 9.69 Å². The maximum absolute atomic E-state index is 13.3. The third kappa shape index (κ3) is 5.14. The van der Waals surface area contributed by atoms with E-state index in [2.05, 4.69) is 36.9 Å². The Bertz CT molecular complexity index is 997. The number of para-hydroxylation sites is 1. The van der Waals surface area contributed by atoms with Crippen LogP contribution in [-0.2, 0) is 11.2 Å². The lowest BCUT2D eigenvalue weighted by Crippen LogP contribution is -2.37. The number of amides is 1. The Hall–Kier alpha value is -2.44. The highest BCUT2D eigenvalue weighted by Crippen LogP contribution is 2.34. The van der Waals surface area contributed by atoms with E-state index in [1.807, 2.05) is 44.1 Å². The van der Waals surface area contributed by atoms with E-state index in [0.717, 1.165) is 38.8 Å². The van der Waals surface area contributed by atoms with Crippen LogP contribution in [0.1, 0.15) is 23.6 Å². The lowest BCUT2D eigenvalue weighted by Gasteiger charge is -2.22. The van der Waals surface area contributed by atoms with Gasteiger partial charge in [-0.15, -0.1) is 0 Å². The summed E-state index contributed by atoms with van der Waals surface area (Å²) in [6.45, 7) is 8.02. The first-order valence-electron chi connectivity index (χ1n) is 9.92. The zero-order valence-corrected chi connectivity index (χ0v) is 18.7. The van der Waals surface area contributed by atoms with Gasteiger partial charge in [0.2, 0.25) is 5.91 Å². The minimum Gasteiger partial charge on any atom is -0.492 e. The minimum absolute atomic E-state index is 0.0672. The molecule has 0 aliphatic carbocycles. The number of fused-ring (bicyclic) bond motifs is 1. The predicted octanol–water partition coefficient (Wildman–Crippen LogP) is 4.45. The fourth-order valence-electron chi connectivity index (χ4n) is 3.18. The minimum atomic E-state index is 0.0672. The summed E-state index contributed by atoms with van der Waals surface area (Å²) >= 11 is 1.54. The number of aryl methyl sites for hydroxylation is 2. The first-order valence-corrected chi connectivity index (χ1v) is 10.7. The van der Waals surface area contributed by atoms with E-state index in [0.29, 0.717) is 19.6 Å². The summed E-state index contributed by atoms with van der Waals surface area (Å²) in [4.78, 5) is 22.0. The van der Waals surface area contributed by atoms with Gasteiger partial charge in [-0.1, -0.05) is 41.2 Å². The van der Waals surface area contributed by atoms with Crippen LogP contribution in [0.2, 0.25) is 0 Å². The maximum atomic E-state index is 13.3. The third-order valence-electron chi connectivity index (χ3n) is 4.82. The van der Waals surface area contributed by atoms with Crippen molar-refractivity contribution in [2.75, 3.05) is 38.7 Å². The molecule has 0 spiro atoms. The number of likely N-dealkylation sites (N-methyl/N-ethyl adjacent to an activating group) is 1. The number of ether oxygens (including phenoxy) is 1. The van der Waals surface area contributed by atoms with Crippen LogP contribution in [0.25, 0.3) is 10.2 Å². The molecule has 5 nitrogen and oxygen atoms in total. The first kappa shape index (κ1) is 21.3. The molecule has 0 unspecified atom stereocenters. The standard InChI is InChI=1S/C23H29N3O2S/c1-6-28-19-8-7-9-20-22(19)24-23(29-20)26(13-12-25(4)5)21(27)15-18-14-16(2)10-11-17(18)3/h7-11,14H,6,12-13,15H2,1-5H3. The fourth-order valence-corrected chi connectivity index (χ4v) is 4.20. The summed E-state index contributed by atoms with van der Waals surface area (Å²) < 4.78 is 6.76. The van der Waals surface area contributed by atoms with Crippen LogP contribution >= 0.6 is 11.3 Å². The van der Waals surface area contributed by atoms with Crippen LogP contribution in [-0.4, -0.2) is 49.6 Å². The third-order valence-corrected chi connectivity index (χ3v) is 5.86. The summed E-state index contributed by atoms with van der Waals surface area (Å²) in [5.74, 6) is 0.833. The van der Waals surface area contributed by atoms with Gasteiger partial charge in [0, 0.05) is 13.1 Å². The van der Waals surface area contributed by atoms with Gasteiger partial charge in [-0.05, 0) is 58.1 Å². The van der Waals surface area contributed by atoms with Crippen molar-refractivity contribution in [3.05, 3.63) is 53.1 Å². The highest BCUT2D eigenvalue weighted by molar-refractivity contribution is 7.22. The molecular weight excluding hydrogens is 382 g/mol. The molecule has 1 amide bonds. The molecule has 1 heterocycles. The van der Waals surface area contributed by atoms with E-state index in [1.54, 1.807) is 0 Å². The van der Waals surface area contributed by atoms with Crippen LogP contribution in [0.5, 0.6) is 5.75 Å². The Labute approximate surface area is 176 Å². The molecule has 29 heavy (non-hydrogen) atoms. The van der Waals surface area contributed by atoms with E-state index in [4.69, 9.17) is 9.72 Å². The molecule has 0 aliphatic rings. The van der Waals surface area contributed by atoms with E-state index >= 15 is 0 Å². The number of carbonyl (C=O) groups is 1. The fraction of sp³-hybridized carbons (Fsp3) is 0.391. The molecule has 0 saturated heterocycles. The number of nitrogens with zero attached hydrogens (tertiary/aromatic N) is 3. The average Bonchev–Trinajstić information content (AvgIpc) is 3.10. The molecule has 1 aromatic heterocycles. The van der Waals surface area contributed by atoms with Gasteiger partial charge in [0.1, 0.15) is 11.3 Å². The molecule has 154 valence electrons. The Morgan fingerprint density at radius 3 is 2.66 bits per heavy atom.